The lowest BCUT2D eigenvalue weighted by atomic mass is 9.86. The van der Waals surface area contributed by atoms with Crippen LogP contribution in [0.2, 0.25) is 0 Å². The number of halogens is 1. The maximum atomic E-state index is 6.50. The molecule has 1 saturated heterocycles. The van der Waals surface area contributed by atoms with E-state index < -0.39 is 0 Å². The van der Waals surface area contributed by atoms with Gasteiger partial charge in [-0.2, -0.15) is 0 Å². The number of benzene rings is 1. The van der Waals surface area contributed by atoms with Crippen molar-refractivity contribution in [1.29, 1.82) is 0 Å². The Kier molecular flexibility index (Phi) is 3.79. The first kappa shape index (κ1) is 12.9. The van der Waals surface area contributed by atoms with Crippen molar-refractivity contribution in [3.63, 3.8) is 0 Å². The number of hydrogen-bond donors (Lipinski definition) is 0. The van der Waals surface area contributed by atoms with Crippen LogP contribution in [-0.4, -0.2) is 13.2 Å². The Hall–Kier alpha value is -0.530. The number of hydrogen-bond acceptors (Lipinski definition) is 1. The molecule has 1 aromatic rings. The average molecular weight is 253 g/mol. The summed E-state index contributed by atoms with van der Waals surface area (Å²) in [7, 11) is 0. The zero-order valence-corrected chi connectivity index (χ0v) is 11.6. The molecule has 1 nitrogen and oxygen atoms in total. The molecule has 2 unspecified atom stereocenters. The van der Waals surface area contributed by atoms with E-state index in [9.17, 15) is 0 Å². The highest BCUT2D eigenvalue weighted by atomic mass is 35.5. The van der Waals surface area contributed by atoms with Crippen LogP contribution >= 0.6 is 11.6 Å². The van der Waals surface area contributed by atoms with Gasteiger partial charge in [0.25, 0.3) is 0 Å². The van der Waals surface area contributed by atoms with Crippen LogP contribution in [-0.2, 0) is 10.2 Å². The van der Waals surface area contributed by atoms with E-state index in [1.165, 1.54) is 11.1 Å². The topological polar surface area (TPSA) is 9.23 Å². The summed E-state index contributed by atoms with van der Waals surface area (Å²) in [6.45, 7) is 8.34. The van der Waals surface area contributed by atoms with Crippen molar-refractivity contribution >= 4 is 11.6 Å². The largest absolute Gasteiger partial charge is 0.381 e. The molecule has 1 heterocycles. The summed E-state index contributed by atoms with van der Waals surface area (Å²) in [4.78, 5) is 0. The molecule has 0 radical (unpaired) electrons. The molecule has 1 aliphatic heterocycles. The van der Waals surface area contributed by atoms with Crippen molar-refractivity contribution in [2.75, 3.05) is 13.2 Å². The molecule has 2 rings (SSSR count). The third-order valence-electron chi connectivity index (χ3n) is 3.47. The SMILES string of the molecule is CC(C)(C)c1ccc(C(Cl)C2CCOC2)cc1. The monoisotopic (exact) mass is 252 g/mol. The van der Waals surface area contributed by atoms with Crippen LogP contribution in [0.4, 0.5) is 0 Å². The van der Waals surface area contributed by atoms with Crippen LogP contribution in [0.3, 0.4) is 0 Å². The lowest BCUT2D eigenvalue weighted by molar-refractivity contribution is 0.185. The fourth-order valence-electron chi connectivity index (χ4n) is 2.22. The molecule has 0 aliphatic carbocycles. The fraction of sp³-hybridized carbons (Fsp3) is 0.600. The zero-order chi connectivity index (χ0) is 12.5. The summed E-state index contributed by atoms with van der Waals surface area (Å²) in [5.74, 6) is 0.470. The van der Waals surface area contributed by atoms with Crippen molar-refractivity contribution in [2.45, 2.75) is 38.0 Å². The van der Waals surface area contributed by atoms with Crippen LogP contribution in [0.25, 0.3) is 0 Å². The number of ether oxygens (including phenoxy) is 1. The van der Waals surface area contributed by atoms with E-state index in [1.54, 1.807) is 0 Å². The molecule has 0 N–H and O–H groups in total. The molecule has 0 spiro atoms. The fourth-order valence-corrected chi connectivity index (χ4v) is 2.57. The first-order valence-electron chi connectivity index (χ1n) is 6.31. The Balaban J connectivity index is 2.12. The van der Waals surface area contributed by atoms with Crippen LogP contribution in [0.5, 0.6) is 0 Å². The summed E-state index contributed by atoms with van der Waals surface area (Å²) in [6.07, 6.45) is 1.08. The molecule has 1 aromatic carbocycles. The van der Waals surface area contributed by atoms with E-state index in [0.29, 0.717) is 5.92 Å². The van der Waals surface area contributed by atoms with Gasteiger partial charge in [-0.15, -0.1) is 11.6 Å². The third-order valence-corrected chi connectivity index (χ3v) is 4.08. The molecular weight excluding hydrogens is 232 g/mol. The van der Waals surface area contributed by atoms with E-state index in [1.807, 2.05) is 0 Å². The summed E-state index contributed by atoms with van der Waals surface area (Å²) < 4.78 is 5.39. The van der Waals surface area contributed by atoms with E-state index >= 15 is 0 Å². The van der Waals surface area contributed by atoms with Crippen molar-refractivity contribution in [3.05, 3.63) is 35.4 Å². The van der Waals surface area contributed by atoms with Gasteiger partial charge in [-0.05, 0) is 23.0 Å². The summed E-state index contributed by atoms with van der Waals surface area (Å²) in [6, 6.07) is 8.72. The van der Waals surface area contributed by atoms with Gasteiger partial charge in [0.1, 0.15) is 0 Å². The second-order valence-corrected chi connectivity index (χ2v) is 6.37. The maximum Gasteiger partial charge on any atom is 0.0636 e. The van der Waals surface area contributed by atoms with Gasteiger partial charge in [0, 0.05) is 12.5 Å². The predicted octanol–water partition coefficient (Wildman–Crippen LogP) is 4.30. The van der Waals surface area contributed by atoms with Crippen LogP contribution in [0, 0.1) is 5.92 Å². The normalized spacial score (nSPS) is 22.7. The molecule has 0 saturated carbocycles. The summed E-state index contributed by atoms with van der Waals surface area (Å²) >= 11 is 6.50. The maximum absolute atomic E-state index is 6.50. The van der Waals surface area contributed by atoms with Crippen molar-refractivity contribution in [2.24, 2.45) is 5.92 Å². The number of rotatable bonds is 2. The van der Waals surface area contributed by atoms with Crippen LogP contribution < -0.4 is 0 Å². The van der Waals surface area contributed by atoms with Gasteiger partial charge in [0.2, 0.25) is 0 Å². The third kappa shape index (κ3) is 3.02. The standard InChI is InChI=1S/C15H21ClO/c1-15(2,3)13-6-4-11(5-7-13)14(16)12-8-9-17-10-12/h4-7,12,14H,8-10H2,1-3H3. The van der Waals surface area contributed by atoms with Gasteiger partial charge in [0.15, 0.2) is 0 Å². The lowest BCUT2D eigenvalue weighted by Gasteiger charge is -2.21. The molecule has 0 bridgehead atoms. The second-order valence-electron chi connectivity index (χ2n) is 5.90. The minimum atomic E-state index is 0.0894. The quantitative estimate of drug-likeness (QED) is 0.713. The highest BCUT2D eigenvalue weighted by Crippen LogP contribution is 2.35. The summed E-state index contributed by atoms with van der Waals surface area (Å²) in [5.41, 5.74) is 2.78. The minimum absolute atomic E-state index is 0.0894. The molecule has 17 heavy (non-hydrogen) atoms. The second kappa shape index (κ2) is 4.99. The molecule has 1 fully saturated rings. The minimum Gasteiger partial charge on any atom is -0.381 e. The summed E-state index contributed by atoms with van der Waals surface area (Å²) in [5, 5.41) is 0.0894. The van der Waals surface area contributed by atoms with Gasteiger partial charge >= 0.3 is 0 Å². The lowest BCUT2D eigenvalue weighted by Crippen LogP contribution is -2.12. The Bertz CT molecular complexity index is 358. The van der Waals surface area contributed by atoms with Crippen LogP contribution in [0.15, 0.2) is 24.3 Å². The van der Waals surface area contributed by atoms with Gasteiger partial charge in [-0.1, -0.05) is 45.0 Å². The number of alkyl halides is 1. The molecule has 2 atom stereocenters. The van der Waals surface area contributed by atoms with Crippen molar-refractivity contribution in [3.8, 4) is 0 Å². The Labute approximate surface area is 109 Å². The zero-order valence-electron chi connectivity index (χ0n) is 10.9. The Morgan fingerprint density at radius 2 is 1.88 bits per heavy atom. The van der Waals surface area contributed by atoms with E-state index in [0.717, 1.165) is 19.6 Å². The predicted molar refractivity (Wildman–Crippen MR) is 72.7 cm³/mol. The molecule has 0 amide bonds. The molecule has 0 aromatic heterocycles. The van der Waals surface area contributed by atoms with Crippen molar-refractivity contribution < 1.29 is 4.74 Å². The average Bonchev–Trinajstić information content (AvgIpc) is 2.80. The highest BCUT2D eigenvalue weighted by molar-refractivity contribution is 6.21. The smallest absolute Gasteiger partial charge is 0.0636 e. The molecular formula is C15H21ClO. The molecule has 2 heteroatoms. The van der Waals surface area contributed by atoms with Gasteiger partial charge < -0.3 is 4.74 Å². The van der Waals surface area contributed by atoms with Crippen molar-refractivity contribution in [1.82, 2.24) is 0 Å². The van der Waals surface area contributed by atoms with E-state index in [-0.39, 0.29) is 10.8 Å². The Morgan fingerprint density at radius 1 is 1.24 bits per heavy atom. The highest BCUT2D eigenvalue weighted by Gasteiger charge is 2.25. The van der Waals surface area contributed by atoms with Gasteiger partial charge in [-0.25, -0.2) is 0 Å². The molecule has 94 valence electrons. The Morgan fingerprint density at radius 3 is 2.35 bits per heavy atom. The van der Waals surface area contributed by atoms with E-state index in [4.69, 9.17) is 16.3 Å². The molecule has 1 aliphatic rings. The van der Waals surface area contributed by atoms with Gasteiger partial charge in [-0.3, -0.25) is 0 Å². The van der Waals surface area contributed by atoms with Crippen LogP contribution in [0.1, 0.15) is 43.7 Å². The first-order valence-corrected chi connectivity index (χ1v) is 6.74. The van der Waals surface area contributed by atoms with E-state index in [2.05, 4.69) is 45.0 Å². The van der Waals surface area contributed by atoms with Gasteiger partial charge in [0.05, 0.1) is 12.0 Å². The first-order chi connectivity index (χ1) is 7.98.